The molecule has 0 heterocycles. The molecule has 41 heavy (non-hydrogen) atoms. The predicted molar refractivity (Wildman–Crippen MR) is 173 cm³/mol. The van der Waals surface area contributed by atoms with E-state index in [1.165, 1.54) is 95.1 Å². The van der Waals surface area contributed by atoms with Crippen LogP contribution in [0.3, 0.4) is 0 Å². The summed E-state index contributed by atoms with van der Waals surface area (Å²) >= 11 is 0. The van der Waals surface area contributed by atoms with Crippen LogP contribution in [0.4, 0.5) is 5.69 Å². The van der Waals surface area contributed by atoms with Gasteiger partial charge < -0.3 is 20.9 Å². The van der Waals surface area contributed by atoms with E-state index in [1.807, 2.05) is 37.3 Å². The molecular weight excluding hydrogens is 508 g/mol. The number of aromatic hydroxyl groups is 1. The maximum Gasteiger partial charge on any atom is 0.255 e. The third-order valence-electron chi connectivity index (χ3n) is 8.01. The molecule has 5 heteroatoms. The Balaban J connectivity index is 1.35. The van der Waals surface area contributed by atoms with Crippen LogP contribution in [-0.4, -0.2) is 23.7 Å². The van der Waals surface area contributed by atoms with Gasteiger partial charge in [0, 0.05) is 16.5 Å². The fraction of sp³-hybridized carbons (Fsp3) is 0.528. The van der Waals surface area contributed by atoms with Crippen molar-refractivity contribution in [2.45, 2.75) is 116 Å². The lowest BCUT2D eigenvalue weighted by Gasteiger charge is -2.19. The van der Waals surface area contributed by atoms with Crippen LogP contribution in [0.15, 0.2) is 54.6 Å². The number of benzene rings is 3. The van der Waals surface area contributed by atoms with Gasteiger partial charge in [-0.3, -0.25) is 4.79 Å². The summed E-state index contributed by atoms with van der Waals surface area (Å²) in [4.78, 5) is 12.9. The molecule has 5 nitrogen and oxygen atoms in total. The number of unbranched alkanes of at least 4 members (excludes halogenated alkanes) is 12. The minimum Gasteiger partial charge on any atom is -0.506 e. The number of nitrogens with one attached hydrogen (secondary N) is 1. The van der Waals surface area contributed by atoms with Gasteiger partial charge in [0.15, 0.2) is 0 Å². The Kier molecular flexibility index (Phi) is 14.4. The van der Waals surface area contributed by atoms with E-state index < -0.39 is 0 Å². The van der Waals surface area contributed by atoms with E-state index in [2.05, 4.69) is 24.4 Å². The second-order valence-electron chi connectivity index (χ2n) is 11.4. The number of nitrogen functional groups attached to an aromatic ring is 1. The smallest absolute Gasteiger partial charge is 0.255 e. The van der Waals surface area contributed by atoms with Crippen LogP contribution in [0.1, 0.15) is 120 Å². The Hall–Kier alpha value is -3.21. The largest absolute Gasteiger partial charge is 0.506 e. The molecule has 0 spiro atoms. The van der Waals surface area contributed by atoms with Crippen LogP contribution in [0.5, 0.6) is 11.5 Å². The first-order chi connectivity index (χ1) is 20.0. The SMILES string of the molecule is CCCCCCCCCCCCCCCc1cccc(OC(CC)CNC(=O)c2cc(N)c3ccccc3c2O)c1. The van der Waals surface area contributed by atoms with E-state index in [0.717, 1.165) is 24.0 Å². The Labute approximate surface area is 247 Å². The first kappa shape index (κ1) is 32.3. The van der Waals surface area contributed by atoms with Gasteiger partial charge in [0.25, 0.3) is 5.91 Å². The van der Waals surface area contributed by atoms with Crippen molar-refractivity contribution in [3.63, 3.8) is 0 Å². The fourth-order valence-electron chi connectivity index (χ4n) is 5.45. The van der Waals surface area contributed by atoms with E-state index in [9.17, 15) is 9.90 Å². The molecule has 0 aliphatic heterocycles. The first-order valence-corrected chi connectivity index (χ1v) is 16.1. The van der Waals surface area contributed by atoms with Crippen LogP contribution in [0.2, 0.25) is 0 Å². The second kappa shape index (κ2) is 18.3. The van der Waals surface area contributed by atoms with Crippen LogP contribution in [0, 0.1) is 0 Å². The van der Waals surface area contributed by atoms with Crippen molar-refractivity contribution < 1.29 is 14.6 Å². The summed E-state index contributed by atoms with van der Waals surface area (Å²) in [7, 11) is 0. The molecule has 0 aromatic heterocycles. The average Bonchev–Trinajstić information content (AvgIpc) is 2.99. The summed E-state index contributed by atoms with van der Waals surface area (Å²) in [6, 6.07) is 17.1. The molecule has 0 saturated carbocycles. The van der Waals surface area contributed by atoms with Crippen LogP contribution in [0.25, 0.3) is 10.8 Å². The minimum absolute atomic E-state index is 0.0536. The van der Waals surface area contributed by atoms with E-state index in [-0.39, 0.29) is 23.3 Å². The quantitative estimate of drug-likeness (QED) is 0.0730. The van der Waals surface area contributed by atoms with Crippen molar-refractivity contribution >= 4 is 22.4 Å². The molecule has 0 saturated heterocycles. The van der Waals surface area contributed by atoms with Crippen molar-refractivity contribution in [3.05, 3.63) is 65.7 Å². The van der Waals surface area contributed by atoms with Crippen LogP contribution in [-0.2, 0) is 6.42 Å². The number of carbonyl (C=O) groups is 1. The van der Waals surface area contributed by atoms with Crippen molar-refractivity contribution in [1.29, 1.82) is 0 Å². The van der Waals surface area contributed by atoms with Gasteiger partial charge in [0.05, 0.1) is 12.1 Å². The summed E-state index contributed by atoms with van der Waals surface area (Å²) < 4.78 is 6.23. The minimum atomic E-state index is -0.363. The maximum absolute atomic E-state index is 12.9. The monoisotopic (exact) mass is 560 g/mol. The molecule has 0 radical (unpaired) electrons. The number of phenols is 1. The van der Waals surface area contributed by atoms with Gasteiger partial charge in [0.1, 0.15) is 17.6 Å². The second-order valence-corrected chi connectivity index (χ2v) is 11.4. The highest BCUT2D eigenvalue weighted by Gasteiger charge is 2.18. The Morgan fingerprint density at radius 1 is 0.805 bits per heavy atom. The lowest BCUT2D eigenvalue weighted by atomic mass is 10.0. The van der Waals surface area contributed by atoms with E-state index in [1.54, 1.807) is 6.07 Å². The normalized spacial score (nSPS) is 12.0. The van der Waals surface area contributed by atoms with Gasteiger partial charge in [-0.05, 0) is 43.0 Å². The van der Waals surface area contributed by atoms with Gasteiger partial charge in [-0.15, -0.1) is 0 Å². The van der Waals surface area contributed by atoms with E-state index >= 15 is 0 Å². The molecule has 0 aliphatic carbocycles. The van der Waals surface area contributed by atoms with Gasteiger partial charge in [0.2, 0.25) is 0 Å². The summed E-state index contributed by atoms with van der Waals surface area (Å²) in [6.45, 7) is 4.66. The summed E-state index contributed by atoms with van der Waals surface area (Å²) in [5, 5.41) is 14.9. The number of fused-ring (bicyclic) bond motifs is 1. The Morgan fingerprint density at radius 2 is 1.41 bits per heavy atom. The van der Waals surface area contributed by atoms with Gasteiger partial charge in [-0.25, -0.2) is 0 Å². The molecule has 3 rings (SSSR count). The number of nitrogens with two attached hydrogens (primary N) is 1. The highest BCUT2D eigenvalue weighted by atomic mass is 16.5. The molecule has 4 N–H and O–H groups in total. The molecule has 0 aliphatic rings. The number of amides is 1. The number of ether oxygens (including phenoxy) is 1. The Bertz CT molecular complexity index is 1190. The third kappa shape index (κ3) is 10.9. The maximum atomic E-state index is 12.9. The summed E-state index contributed by atoms with van der Waals surface area (Å²) in [6.07, 6.45) is 19.3. The number of rotatable bonds is 20. The third-order valence-corrected chi connectivity index (χ3v) is 8.01. The first-order valence-electron chi connectivity index (χ1n) is 16.1. The lowest BCUT2D eigenvalue weighted by molar-refractivity contribution is 0.0923. The molecule has 1 atom stereocenters. The zero-order valence-electron chi connectivity index (χ0n) is 25.4. The number of hydrogen-bond acceptors (Lipinski definition) is 4. The Morgan fingerprint density at radius 3 is 2.05 bits per heavy atom. The standard InChI is InChI=1S/C36H52N2O3/c1-3-5-6-7-8-9-10-11-12-13-14-15-16-20-28-21-19-22-30(25-28)41-29(4-2)27-38-36(40)33-26-34(37)31-23-17-18-24-32(31)35(33)39/h17-19,21-26,29,39H,3-16,20,27,37H2,1-2H3,(H,38,40). The molecule has 3 aromatic rings. The van der Waals surface area contributed by atoms with E-state index in [4.69, 9.17) is 10.5 Å². The van der Waals surface area contributed by atoms with Crippen molar-refractivity contribution in [1.82, 2.24) is 5.32 Å². The number of anilines is 1. The van der Waals surface area contributed by atoms with Crippen molar-refractivity contribution in [2.75, 3.05) is 12.3 Å². The molecule has 0 bridgehead atoms. The molecule has 224 valence electrons. The van der Waals surface area contributed by atoms with Gasteiger partial charge in [-0.1, -0.05) is 127 Å². The fourth-order valence-corrected chi connectivity index (χ4v) is 5.45. The molecule has 0 fully saturated rings. The van der Waals surface area contributed by atoms with E-state index in [0.29, 0.717) is 17.6 Å². The zero-order valence-corrected chi connectivity index (χ0v) is 25.4. The molecular formula is C36H52N2O3. The number of aryl methyl sites for hydroxylation is 1. The van der Waals surface area contributed by atoms with Crippen LogP contribution >= 0.6 is 0 Å². The number of phenolic OH excluding ortho intramolecular Hbond substituents is 1. The van der Waals surface area contributed by atoms with Crippen molar-refractivity contribution in [2.24, 2.45) is 0 Å². The van der Waals surface area contributed by atoms with Crippen molar-refractivity contribution in [3.8, 4) is 11.5 Å². The molecule has 3 aromatic carbocycles. The number of hydrogen-bond donors (Lipinski definition) is 3. The lowest BCUT2D eigenvalue weighted by Crippen LogP contribution is -2.35. The molecule has 1 unspecified atom stereocenters. The average molecular weight is 561 g/mol. The topological polar surface area (TPSA) is 84.6 Å². The predicted octanol–water partition coefficient (Wildman–Crippen LogP) is 9.35. The number of carbonyl (C=O) groups excluding carboxylic acids is 1. The van der Waals surface area contributed by atoms with Gasteiger partial charge >= 0.3 is 0 Å². The summed E-state index contributed by atoms with van der Waals surface area (Å²) in [5.74, 6) is 0.413. The van der Waals surface area contributed by atoms with Gasteiger partial charge in [-0.2, -0.15) is 0 Å². The highest BCUT2D eigenvalue weighted by Crippen LogP contribution is 2.33. The zero-order chi connectivity index (χ0) is 29.3. The summed E-state index contributed by atoms with van der Waals surface area (Å²) in [5.41, 5.74) is 8.08. The molecule has 1 amide bonds. The highest BCUT2D eigenvalue weighted by molar-refractivity contribution is 6.07. The van der Waals surface area contributed by atoms with Crippen LogP contribution < -0.4 is 15.8 Å².